The van der Waals surface area contributed by atoms with Crippen LogP contribution in [-0.4, -0.2) is 42.9 Å². The number of carbonyl (C=O) groups excluding carboxylic acids is 2. The van der Waals surface area contributed by atoms with Crippen LogP contribution in [0.25, 0.3) is 0 Å². The quantitative estimate of drug-likeness (QED) is 0.683. The van der Waals surface area contributed by atoms with Crippen molar-refractivity contribution in [2.24, 2.45) is 11.3 Å². The molecule has 5 heteroatoms. The molecule has 5 nitrogen and oxygen atoms in total. The van der Waals surface area contributed by atoms with E-state index in [-0.39, 0.29) is 30.9 Å². The minimum Gasteiger partial charge on any atom is -0.352 e. The van der Waals surface area contributed by atoms with Crippen molar-refractivity contribution >= 4 is 17.5 Å². The number of hydrogen-bond donors (Lipinski definition) is 2. The maximum atomic E-state index is 12.4. The number of nitrogens with one attached hydrogen (secondary N) is 2. The molecule has 29 heavy (non-hydrogen) atoms. The molecule has 0 saturated heterocycles. The zero-order valence-corrected chi connectivity index (χ0v) is 19.1. The number of benzene rings is 1. The maximum absolute atomic E-state index is 12.4. The first-order valence-corrected chi connectivity index (χ1v) is 11.0. The number of hydrogen-bond acceptors (Lipinski definition) is 3. The van der Waals surface area contributed by atoms with Crippen molar-refractivity contribution in [3.63, 3.8) is 0 Å². The summed E-state index contributed by atoms with van der Waals surface area (Å²) in [6.45, 7) is 11.4. The topological polar surface area (TPSA) is 61.4 Å². The molecule has 1 aromatic carbocycles. The van der Waals surface area contributed by atoms with E-state index in [4.69, 9.17) is 0 Å². The standard InChI is InChI=1S/C24H39N3O2/c1-7-24(4,5)19-11-13-20(14-12-19)25-21(28)15-27(6)16-22(29)26-23-17(2)9-8-10-18(23)3/h8-10,19-20H,7,11-16H2,1-6H3,(H,25,28)(H,26,29). The van der Waals surface area contributed by atoms with Crippen molar-refractivity contribution in [1.82, 2.24) is 10.2 Å². The van der Waals surface area contributed by atoms with Crippen molar-refractivity contribution < 1.29 is 9.59 Å². The van der Waals surface area contributed by atoms with E-state index < -0.39 is 0 Å². The fourth-order valence-corrected chi connectivity index (χ4v) is 4.32. The fraction of sp³-hybridized carbons (Fsp3) is 0.667. The van der Waals surface area contributed by atoms with E-state index in [2.05, 4.69) is 31.4 Å². The summed E-state index contributed by atoms with van der Waals surface area (Å²) in [6.07, 6.45) is 5.66. The number of nitrogens with zero attached hydrogens (tertiary/aromatic N) is 1. The molecule has 0 bridgehead atoms. The highest BCUT2D eigenvalue weighted by Crippen LogP contribution is 2.40. The van der Waals surface area contributed by atoms with Gasteiger partial charge < -0.3 is 10.6 Å². The predicted molar refractivity (Wildman–Crippen MR) is 120 cm³/mol. The second-order valence-electron chi connectivity index (χ2n) is 9.45. The number of para-hydroxylation sites is 1. The number of rotatable bonds is 8. The van der Waals surface area contributed by atoms with E-state index >= 15 is 0 Å². The minimum atomic E-state index is -0.0972. The molecule has 1 fully saturated rings. The number of anilines is 1. The van der Waals surface area contributed by atoms with Gasteiger partial charge in [-0.3, -0.25) is 14.5 Å². The normalized spacial score (nSPS) is 19.8. The summed E-state index contributed by atoms with van der Waals surface area (Å²) in [5, 5.41) is 6.14. The second kappa shape index (κ2) is 10.2. The van der Waals surface area contributed by atoms with E-state index in [1.165, 1.54) is 19.3 Å². The summed E-state index contributed by atoms with van der Waals surface area (Å²) >= 11 is 0. The molecule has 2 N–H and O–H groups in total. The lowest BCUT2D eigenvalue weighted by Crippen LogP contribution is -2.44. The first-order chi connectivity index (χ1) is 13.6. The van der Waals surface area contributed by atoms with Crippen LogP contribution in [0.5, 0.6) is 0 Å². The summed E-state index contributed by atoms with van der Waals surface area (Å²) in [7, 11) is 1.81. The molecule has 2 amide bonds. The number of carbonyl (C=O) groups is 2. The van der Waals surface area contributed by atoms with E-state index in [1.54, 1.807) is 4.90 Å². The summed E-state index contributed by atoms with van der Waals surface area (Å²) in [5.74, 6) is 0.655. The van der Waals surface area contributed by atoms with Gasteiger partial charge in [0.25, 0.3) is 0 Å². The van der Waals surface area contributed by atoms with Crippen molar-refractivity contribution in [2.75, 3.05) is 25.5 Å². The van der Waals surface area contributed by atoms with Crippen molar-refractivity contribution in [3.05, 3.63) is 29.3 Å². The lowest BCUT2D eigenvalue weighted by Gasteiger charge is -2.39. The number of likely N-dealkylation sites (N-methyl/N-ethyl adjacent to an activating group) is 1. The van der Waals surface area contributed by atoms with Gasteiger partial charge in [0.2, 0.25) is 11.8 Å². The Labute approximate surface area is 176 Å². The van der Waals surface area contributed by atoms with Crippen LogP contribution in [0.1, 0.15) is 64.0 Å². The SMILES string of the molecule is CCC(C)(C)C1CCC(NC(=O)CN(C)CC(=O)Nc2c(C)cccc2C)CC1. The van der Waals surface area contributed by atoms with Crippen molar-refractivity contribution in [2.45, 2.75) is 72.8 Å². The van der Waals surface area contributed by atoms with Gasteiger partial charge in [0.1, 0.15) is 0 Å². The summed E-state index contributed by atoms with van der Waals surface area (Å²) in [5.41, 5.74) is 3.33. The molecule has 0 heterocycles. The minimum absolute atomic E-state index is 0.00516. The van der Waals surface area contributed by atoms with Gasteiger partial charge in [0, 0.05) is 11.7 Å². The molecule has 2 rings (SSSR count). The van der Waals surface area contributed by atoms with Gasteiger partial charge in [-0.05, 0) is 69.0 Å². The fourth-order valence-electron chi connectivity index (χ4n) is 4.32. The van der Waals surface area contributed by atoms with E-state index in [9.17, 15) is 9.59 Å². The summed E-state index contributed by atoms with van der Waals surface area (Å²) in [4.78, 5) is 26.6. The highest BCUT2D eigenvalue weighted by atomic mass is 16.2. The van der Waals surface area contributed by atoms with E-state index in [0.717, 1.165) is 35.6 Å². The molecule has 162 valence electrons. The maximum Gasteiger partial charge on any atom is 0.238 e. The molecular formula is C24H39N3O2. The lowest BCUT2D eigenvalue weighted by molar-refractivity contribution is -0.123. The zero-order chi connectivity index (χ0) is 21.6. The second-order valence-corrected chi connectivity index (χ2v) is 9.45. The van der Waals surface area contributed by atoms with Gasteiger partial charge in [-0.15, -0.1) is 0 Å². The van der Waals surface area contributed by atoms with Crippen LogP contribution < -0.4 is 10.6 Å². The van der Waals surface area contributed by atoms with Crippen molar-refractivity contribution in [1.29, 1.82) is 0 Å². The van der Waals surface area contributed by atoms with Crippen molar-refractivity contribution in [3.8, 4) is 0 Å². The molecule has 1 aliphatic carbocycles. The Kier molecular flexibility index (Phi) is 8.26. The number of amides is 2. The molecule has 0 spiro atoms. The Bertz CT molecular complexity index is 686. The average molecular weight is 402 g/mol. The summed E-state index contributed by atoms with van der Waals surface area (Å²) < 4.78 is 0. The van der Waals surface area contributed by atoms with Gasteiger partial charge >= 0.3 is 0 Å². The number of aryl methyl sites for hydroxylation is 2. The smallest absolute Gasteiger partial charge is 0.238 e. The van der Waals surface area contributed by atoms with Gasteiger partial charge in [-0.2, -0.15) is 0 Å². The van der Waals surface area contributed by atoms with Gasteiger partial charge in [-0.25, -0.2) is 0 Å². The van der Waals surface area contributed by atoms with Crippen LogP contribution in [0.2, 0.25) is 0 Å². The Balaban J connectivity index is 1.74. The molecular weight excluding hydrogens is 362 g/mol. The molecule has 0 unspecified atom stereocenters. The molecule has 0 aliphatic heterocycles. The molecule has 0 atom stereocenters. The third kappa shape index (κ3) is 6.84. The Hall–Kier alpha value is -1.88. The zero-order valence-electron chi connectivity index (χ0n) is 19.1. The third-order valence-corrected chi connectivity index (χ3v) is 6.68. The third-order valence-electron chi connectivity index (χ3n) is 6.68. The Morgan fingerprint density at radius 1 is 1.03 bits per heavy atom. The predicted octanol–water partition coefficient (Wildman–Crippen LogP) is 4.28. The first kappa shape index (κ1) is 23.4. The van der Waals surface area contributed by atoms with Crippen LogP contribution in [0.4, 0.5) is 5.69 Å². The van der Waals surface area contributed by atoms with E-state index in [1.807, 2.05) is 39.1 Å². The van der Waals surface area contributed by atoms with Crippen LogP contribution in [0.15, 0.2) is 18.2 Å². The lowest BCUT2D eigenvalue weighted by atomic mass is 9.69. The molecule has 0 aromatic heterocycles. The van der Waals surface area contributed by atoms with Crippen LogP contribution in [0, 0.1) is 25.2 Å². The molecule has 1 aromatic rings. The highest BCUT2D eigenvalue weighted by Gasteiger charge is 2.32. The largest absolute Gasteiger partial charge is 0.352 e. The Morgan fingerprint density at radius 2 is 1.59 bits per heavy atom. The Morgan fingerprint density at radius 3 is 2.14 bits per heavy atom. The first-order valence-electron chi connectivity index (χ1n) is 11.0. The monoisotopic (exact) mass is 401 g/mol. The van der Waals surface area contributed by atoms with Crippen LogP contribution in [0.3, 0.4) is 0 Å². The molecule has 0 radical (unpaired) electrons. The summed E-state index contributed by atoms with van der Waals surface area (Å²) in [6, 6.07) is 6.21. The van der Waals surface area contributed by atoms with Gasteiger partial charge in [0.15, 0.2) is 0 Å². The van der Waals surface area contributed by atoms with Gasteiger partial charge in [0.05, 0.1) is 13.1 Å². The van der Waals surface area contributed by atoms with Gasteiger partial charge in [-0.1, -0.05) is 45.4 Å². The average Bonchev–Trinajstić information content (AvgIpc) is 2.65. The molecule has 1 aliphatic rings. The van der Waals surface area contributed by atoms with E-state index in [0.29, 0.717) is 5.41 Å². The van der Waals surface area contributed by atoms with Crippen LogP contribution >= 0.6 is 0 Å². The molecule has 1 saturated carbocycles. The van der Waals surface area contributed by atoms with Crippen LogP contribution in [-0.2, 0) is 9.59 Å². The highest BCUT2D eigenvalue weighted by molar-refractivity contribution is 5.94.